The zero-order valence-electron chi connectivity index (χ0n) is 12.6. The van der Waals surface area contributed by atoms with Crippen molar-refractivity contribution in [3.63, 3.8) is 0 Å². The average Bonchev–Trinajstić information content (AvgIpc) is 2.14. The Hall–Kier alpha value is -0.570. The maximum atomic E-state index is 12.3. The van der Waals surface area contributed by atoms with Crippen molar-refractivity contribution in [1.82, 2.24) is 10.6 Å². The number of hydrogen-bond acceptors (Lipinski definition) is 2. The minimum Gasteiger partial charge on any atom is -0.352 e. The Morgan fingerprint density at radius 1 is 1.18 bits per heavy atom. The number of carbonyl (C=O) groups is 1. The van der Waals surface area contributed by atoms with Crippen LogP contribution < -0.4 is 10.6 Å². The van der Waals surface area contributed by atoms with Gasteiger partial charge < -0.3 is 10.6 Å². The van der Waals surface area contributed by atoms with Gasteiger partial charge in [0.05, 0.1) is 5.54 Å². The Kier molecular flexibility index (Phi) is 6.76. The Bertz CT molecular complexity index is 238. The van der Waals surface area contributed by atoms with Gasteiger partial charge in [-0.2, -0.15) is 0 Å². The van der Waals surface area contributed by atoms with E-state index in [0.717, 1.165) is 12.8 Å². The zero-order valence-corrected chi connectivity index (χ0v) is 12.6. The molecule has 3 heteroatoms. The summed E-state index contributed by atoms with van der Waals surface area (Å²) in [7, 11) is 0. The summed E-state index contributed by atoms with van der Waals surface area (Å²) in [6, 6.07) is 0.546. The molecule has 0 radical (unpaired) electrons. The Morgan fingerprint density at radius 3 is 2.06 bits per heavy atom. The molecule has 0 aliphatic carbocycles. The molecule has 0 spiro atoms. The molecular formula is C14H30N2O. The van der Waals surface area contributed by atoms with Gasteiger partial charge in [-0.15, -0.1) is 0 Å². The first kappa shape index (κ1) is 16.4. The van der Waals surface area contributed by atoms with Gasteiger partial charge in [0.1, 0.15) is 0 Å². The first-order valence-corrected chi connectivity index (χ1v) is 6.80. The summed E-state index contributed by atoms with van der Waals surface area (Å²) >= 11 is 0. The van der Waals surface area contributed by atoms with Crippen LogP contribution in [0.15, 0.2) is 0 Å². The van der Waals surface area contributed by atoms with Crippen LogP contribution in [0, 0.1) is 5.92 Å². The smallest absolute Gasteiger partial charge is 0.240 e. The molecule has 0 aliphatic rings. The Labute approximate surface area is 107 Å². The molecular weight excluding hydrogens is 212 g/mol. The van der Waals surface area contributed by atoms with Crippen LogP contribution >= 0.6 is 0 Å². The molecule has 0 saturated heterocycles. The van der Waals surface area contributed by atoms with Crippen molar-refractivity contribution in [3.05, 3.63) is 0 Å². The van der Waals surface area contributed by atoms with Crippen molar-refractivity contribution in [2.45, 2.75) is 78.9 Å². The van der Waals surface area contributed by atoms with Crippen LogP contribution in [0.2, 0.25) is 0 Å². The van der Waals surface area contributed by atoms with Gasteiger partial charge >= 0.3 is 0 Å². The molecule has 102 valence electrons. The predicted molar refractivity (Wildman–Crippen MR) is 74.0 cm³/mol. The fraction of sp³-hybridized carbons (Fsp3) is 0.929. The van der Waals surface area contributed by atoms with Crippen LogP contribution in [0.5, 0.6) is 0 Å². The SMILES string of the molecule is CCC(C)NC(C)(CC(C)C)C(=O)NC(C)C. The molecule has 0 bridgehead atoms. The molecule has 0 aromatic rings. The molecule has 0 aromatic heterocycles. The third kappa shape index (κ3) is 6.06. The maximum absolute atomic E-state index is 12.3. The van der Waals surface area contributed by atoms with E-state index in [9.17, 15) is 4.79 Å². The van der Waals surface area contributed by atoms with Gasteiger partial charge in [0.15, 0.2) is 0 Å². The average molecular weight is 242 g/mol. The third-order valence-corrected chi connectivity index (χ3v) is 2.91. The first-order valence-electron chi connectivity index (χ1n) is 6.80. The molecule has 3 nitrogen and oxygen atoms in total. The van der Waals surface area contributed by atoms with Crippen molar-refractivity contribution >= 4 is 5.91 Å². The predicted octanol–water partition coefficient (Wildman–Crippen LogP) is 2.70. The molecule has 0 aromatic carbocycles. The maximum Gasteiger partial charge on any atom is 0.240 e. The number of amides is 1. The molecule has 0 heterocycles. The van der Waals surface area contributed by atoms with Crippen molar-refractivity contribution < 1.29 is 4.79 Å². The van der Waals surface area contributed by atoms with E-state index in [-0.39, 0.29) is 11.9 Å². The van der Waals surface area contributed by atoms with Crippen LogP contribution in [0.25, 0.3) is 0 Å². The van der Waals surface area contributed by atoms with Gasteiger partial charge in [-0.1, -0.05) is 20.8 Å². The summed E-state index contributed by atoms with van der Waals surface area (Å²) in [4.78, 5) is 12.3. The second kappa shape index (κ2) is 7.00. The Morgan fingerprint density at radius 2 is 1.71 bits per heavy atom. The monoisotopic (exact) mass is 242 g/mol. The number of nitrogens with one attached hydrogen (secondary N) is 2. The van der Waals surface area contributed by atoms with Crippen LogP contribution in [0.1, 0.15) is 61.3 Å². The minimum atomic E-state index is -0.464. The van der Waals surface area contributed by atoms with Gasteiger partial charge in [0.2, 0.25) is 5.91 Å². The van der Waals surface area contributed by atoms with E-state index < -0.39 is 5.54 Å². The van der Waals surface area contributed by atoms with Crippen molar-refractivity contribution in [2.24, 2.45) is 5.92 Å². The Balaban J connectivity index is 4.76. The summed E-state index contributed by atoms with van der Waals surface area (Å²) in [5, 5.41) is 6.48. The van der Waals surface area contributed by atoms with E-state index in [1.165, 1.54) is 0 Å². The highest BCUT2D eigenvalue weighted by molar-refractivity contribution is 5.86. The van der Waals surface area contributed by atoms with E-state index in [1.807, 2.05) is 20.8 Å². The van der Waals surface area contributed by atoms with E-state index in [0.29, 0.717) is 12.0 Å². The molecule has 1 amide bonds. The number of carbonyl (C=O) groups excluding carboxylic acids is 1. The lowest BCUT2D eigenvalue weighted by molar-refractivity contribution is -0.128. The lowest BCUT2D eigenvalue weighted by Crippen LogP contribution is -2.59. The highest BCUT2D eigenvalue weighted by atomic mass is 16.2. The van der Waals surface area contributed by atoms with E-state index >= 15 is 0 Å². The molecule has 0 rings (SSSR count). The summed E-state index contributed by atoms with van der Waals surface area (Å²) < 4.78 is 0. The van der Waals surface area contributed by atoms with Crippen LogP contribution in [-0.2, 0) is 4.79 Å². The van der Waals surface area contributed by atoms with Gasteiger partial charge in [-0.3, -0.25) is 4.79 Å². The van der Waals surface area contributed by atoms with E-state index in [2.05, 4.69) is 38.3 Å². The standard InChI is InChI=1S/C14H30N2O/c1-8-12(6)16-14(7,9-10(2)3)13(17)15-11(4)5/h10-12,16H,8-9H2,1-7H3,(H,15,17). The molecule has 17 heavy (non-hydrogen) atoms. The lowest BCUT2D eigenvalue weighted by Gasteiger charge is -2.34. The minimum absolute atomic E-state index is 0.113. The molecule has 2 unspecified atom stereocenters. The largest absolute Gasteiger partial charge is 0.352 e. The van der Waals surface area contributed by atoms with Gasteiger partial charge in [-0.05, 0) is 46.5 Å². The molecule has 2 N–H and O–H groups in total. The second-order valence-electron chi connectivity index (χ2n) is 6.01. The summed E-state index contributed by atoms with van der Waals surface area (Å²) in [6.45, 7) is 14.6. The third-order valence-electron chi connectivity index (χ3n) is 2.91. The summed E-state index contributed by atoms with van der Waals surface area (Å²) in [5.74, 6) is 0.607. The van der Waals surface area contributed by atoms with E-state index in [4.69, 9.17) is 0 Å². The van der Waals surface area contributed by atoms with Gasteiger partial charge in [0, 0.05) is 12.1 Å². The molecule has 0 saturated carbocycles. The number of hydrogen-bond donors (Lipinski definition) is 2. The zero-order chi connectivity index (χ0) is 13.6. The fourth-order valence-corrected chi connectivity index (χ4v) is 2.10. The highest BCUT2D eigenvalue weighted by Crippen LogP contribution is 2.18. The molecule has 0 fully saturated rings. The highest BCUT2D eigenvalue weighted by Gasteiger charge is 2.34. The van der Waals surface area contributed by atoms with Crippen molar-refractivity contribution in [3.8, 4) is 0 Å². The summed E-state index contributed by atoms with van der Waals surface area (Å²) in [5.41, 5.74) is -0.464. The van der Waals surface area contributed by atoms with Crippen LogP contribution in [0.4, 0.5) is 0 Å². The first-order chi connectivity index (χ1) is 7.71. The quantitative estimate of drug-likeness (QED) is 0.720. The van der Waals surface area contributed by atoms with Crippen molar-refractivity contribution in [2.75, 3.05) is 0 Å². The van der Waals surface area contributed by atoms with Crippen molar-refractivity contribution in [1.29, 1.82) is 0 Å². The van der Waals surface area contributed by atoms with Crippen LogP contribution in [0.3, 0.4) is 0 Å². The van der Waals surface area contributed by atoms with Crippen LogP contribution in [-0.4, -0.2) is 23.5 Å². The molecule has 0 aliphatic heterocycles. The lowest BCUT2D eigenvalue weighted by atomic mass is 9.88. The normalized spacial score (nSPS) is 17.0. The topological polar surface area (TPSA) is 41.1 Å². The van der Waals surface area contributed by atoms with E-state index in [1.54, 1.807) is 0 Å². The van der Waals surface area contributed by atoms with Gasteiger partial charge in [-0.25, -0.2) is 0 Å². The summed E-state index contributed by atoms with van der Waals surface area (Å²) in [6.07, 6.45) is 1.89. The number of rotatable bonds is 7. The fourth-order valence-electron chi connectivity index (χ4n) is 2.10. The van der Waals surface area contributed by atoms with Gasteiger partial charge in [0.25, 0.3) is 0 Å². The molecule has 2 atom stereocenters. The second-order valence-corrected chi connectivity index (χ2v) is 6.01.